The van der Waals surface area contributed by atoms with Crippen molar-refractivity contribution in [2.75, 3.05) is 31.6 Å². The lowest BCUT2D eigenvalue weighted by molar-refractivity contribution is -0.101. The van der Waals surface area contributed by atoms with Crippen molar-refractivity contribution in [2.45, 2.75) is 38.5 Å². The lowest BCUT2D eigenvalue weighted by atomic mass is 10.0. The van der Waals surface area contributed by atoms with Crippen molar-refractivity contribution in [3.63, 3.8) is 0 Å². The molecule has 2 atom stereocenters. The van der Waals surface area contributed by atoms with Gasteiger partial charge in [-0.15, -0.1) is 0 Å². The van der Waals surface area contributed by atoms with Crippen LogP contribution in [0.25, 0.3) is 0 Å². The first-order chi connectivity index (χ1) is 9.45. The lowest BCUT2D eigenvalue weighted by Gasteiger charge is -2.43. The molecule has 2 rings (SSSR count). The highest BCUT2D eigenvalue weighted by molar-refractivity contribution is 5.43. The van der Waals surface area contributed by atoms with Crippen LogP contribution in [0.5, 0.6) is 0 Å². The van der Waals surface area contributed by atoms with Gasteiger partial charge in [0.1, 0.15) is 5.82 Å². The van der Waals surface area contributed by atoms with Crippen LogP contribution < -0.4 is 10.2 Å². The van der Waals surface area contributed by atoms with Gasteiger partial charge in [-0.3, -0.25) is 0 Å². The number of anilines is 1. The molecule has 2 heterocycles. The number of aliphatic hydroxyl groups excluding tert-OH is 1. The third kappa shape index (κ3) is 3.48. The van der Waals surface area contributed by atoms with Crippen LogP contribution in [0, 0.1) is 0 Å². The number of nitrogens with one attached hydrogen (secondary N) is 1. The molecule has 2 unspecified atom stereocenters. The molecule has 112 valence electrons. The van der Waals surface area contributed by atoms with Crippen molar-refractivity contribution >= 4 is 5.82 Å². The number of aromatic nitrogens is 1. The summed E-state index contributed by atoms with van der Waals surface area (Å²) in [7, 11) is 1.95. The molecule has 0 aromatic carbocycles. The van der Waals surface area contributed by atoms with Gasteiger partial charge in [0.15, 0.2) is 0 Å². The number of aliphatic hydroxyl groups is 1. The quantitative estimate of drug-likeness (QED) is 0.871. The third-order valence-electron chi connectivity index (χ3n) is 3.71. The van der Waals surface area contributed by atoms with Crippen LogP contribution in [0.15, 0.2) is 18.3 Å². The van der Waals surface area contributed by atoms with E-state index in [0.29, 0.717) is 12.6 Å². The van der Waals surface area contributed by atoms with Crippen LogP contribution >= 0.6 is 0 Å². The lowest BCUT2D eigenvalue weighted by Crippen LogP contribution is -2.54. The Kier molecular flexibility index (Phi) is 4.62. The molecule has 1 aromatic rings. The van der Waals surface area contributed by atoms with E-state index >= 15 is 0 Å². The van der Waals surface area contributed by atoms with Crippen molar-refractivity contribution in [2.24, 2.45) is 0 Å². The fourth-order valence-corrected chi connectivity index (χ4v) is 2.61. The molecule has 1 aliphatic heterocycles. The van der Waals surface area contributed by atoms with E-state index in [1.54, 1.807) is 0 Å². The van der Waals surface area contributed by atoms with E-state index in [1.165, 1.54) is 5.56 Å². The van der Waals surface area contributed by atoms with E-state index in [4.69, 9.17) is 4.74 Å². The van der Waals surface area contributed by atoms with Crippen LogP contribution in [-0.2, 0) is 4.74 Å². The molecule has 0 aliphatic carbocycles. The standard InChI is InChI=1S/C15H25N3O2/c1-11(16-4)12-5-6-17-14(7-12)18-8-13(9-19)20-15(2,3)10-18/h5-7,11,13,16,19H,8-10H2,1-4H3. The zero-order chi connectivity index (χ0) is 14.8. The van der Waals surface area contributed by atoms with Gasteiger partial charge in [0.05, 0.1) is 18.3 Å². The van der Waals surface area contributed by atoms with Gasteiger partial charge in [-0.2, -0.15) is 0 Å². The molecular formula is C15H25N3O2. The molecule has 0 bridgehead atoms. The highest BCUT2D eigenvalue weighted by Gasteiger charge is 2.33. The number of rotatable bonds is 4. The summed E-state index contributed by atoms with van der Waals surface area (Å²) < 4.78 is 5.84. The van der Waals surface area contributed by atoms with Crippen LogP contribution in [0.3, 0.4) is 0 Å². The highest BCUT2D eigenvalue weighted by Crippen LogP contribution is 2.26. The maximum absolute atomic E-state index is 9.39. The van der Waals surface area contributed by atoms with Gasteiger partial charge in [-0.1, -0.05) is 0 Å². The molecule has 1 saturated heterocycles. The maximum Gasteiger partial charge on any atom is 0.128 e. The first kappa shape index (κ1) is 15.2. The zero-order valence-corrected chi connectivity index (χ0v) is 12.8. The first-order valence-corrected chi connectivity index (χ1v) is 7.12. The van der Waals surface area contributed by atoms with Crippen LogP contribution in [0.1, 0.15) is 32.4 Å². The van der Waals surface area contributed by atoms with Gasteiger partial charge in [-0.05, 0) is 45.5 Å². The number of hydrogen-bond acceptors (Lipinski definition) is 5. The molecular weight excluding hydrogens is 254 g/mol. The van der Waals surface area contributed by atoms with Gasteiger partial charge >= 0.3 is 0 Å². The molecule has 0 radical (unpaired) electrons. The summed E-state index contributed by atoms with van der Waals surface area (Å²) in [6.07, 6.45) is 1.68. The number of morpholine rings is 1. The second-order valence-electron chi connectivity index (χ2n) is 6.02. The van der Waals surface area contributed by atoms with Gasteiger partial charge in [0.2, 0.25) is 0 Å². The van der Waals surface area contributed by atoms with E-state index in [1.807, 2.05) is 33.2 Å². The van der Waals surface area contributed by atoms with Crippen LogP contribution in [-0.4, -0.2) is 48.5 Å². The maximum atomic E-state index is 9.39. The number of ether oxygens (including phenoxy) is 1. The van der Waals surface area contributed by atoms with E-state index in [-0.39, 0.29) is 18.3 Å². The molecule has 20 heavy (non-hydrogen) atoms. The van der Waals surface area contributed by atoms with E-state index in [0.717, 1.165) is 12.4 Å². The molecule has 2 N–H and O–H groups in total. The Hall–Kier alpha value is -1.17. The molecule has 5 nitrogen and oxygen atoms in total. The minimum absolute atomic E-state index is 0.0343. The predicted octanol–water partition coefficient (Wildman–Crippen LogP) is 1.34. The summed E-state index contributed by atoms with van der Waals surface area (Å²) in [6.45, 7) is 7.69. The van der Waals surface area contributed by atoms with Gasteiger partial charge in [0, 0.05) is 25.3 Å². The second kappa shape index (κ2) is 6.08. The Morgan fingerprint density at radius 3 is 3.00 bits per heavy atom. The van der Waals surface area contributed by atoms with Crippen LogP contribution in [0.4, 0.5) is 5.82 Å². The van der Waals surface area contributed by atoms with Crippen molar-refractivity contribution in [1.29, 1.82) is 0 Å². The second-order valence-corrected chi connectivity index (χ2v) is 6.02. The summed E-state index contributed by atoms with van der Waals surface area (Å²) >= 11 is 0. The molecule has 1 aliphatic rings. The van der Waals surface area contributed by atoms with Crippen molar-refractivity contribution in [3.8, 4) is 0 Å². The summed E-state index contributed by atoms with van der Waals surface area (Å²) in [5, 5.41) is 12.6. The Balaban J connectivity index is 2.21. The van der Waals surface area contributed by atoms with Crippen molar-refractivity contribution < 1.29 is 9.84 Å². The number of hydrogen-bond donors (Lipinski definition) is 2. The van der Waals surface area contributed by atoms with Gasteiger partial charge < -0.3 is 20.1 Å². The first-order valence-electron chi connectivity index (χ1n) is 7.12. The summed E-state index contributed by atoms with van der Waals surface area (Å²) in [5.41, 5.74) is 0.931. The highest BCUT2D eigenvalue weighted by atomic mass is 16.5. The molecule has 1 aromatic heterocycles. The fourth-order valence-electron chi connectivity index (χ4n) is 2.61. The topological polar surface area (TPSA) is 57.6 Å². The molecule has 0 saturated carbocycles. The smallest absolute Gasteiger partial charge is 0.128 e. The molecule has 5 heteroatoms. The zero-order valence-electron chi connectivity index (χ0n) is 12.8. The van der Waals surface area contributed by atoms with E-state index in [2.05, 4.69) is 28.2 Å². The van der Waals surface area contributed by atoms with Crippen molar-refractivity contribution in [3.05, 3.63) is 23.9 Å². The third-order valence-corrected chi connectivity index (χ3v) is 3.71. The number of nitrogens with zero attached hydrogens (tertiary/aromatic N) is 2. The fraction of sp³-hybridized carbons (Fsp3) is 0.667. The average molecular weight is 279 g/mol. The van der Waals surface area contributed by atoms with E-state index < -0.39 is 0 Å². The molecule has 0 amide bonds. The Morgan fingerprint density at radius 2 is 2.35 bits per heavy atom. The van der Waals surface area contributed by atoms with Gasteiger partial charge in [-0.25, -0.2) is 4.98 Å². The number of pyridine rings is 1. The Labute approximate surface area is 121 Å². The summed E-state index contributed by atoms with van der Waals surface area (Å²) in [6, 6.07) is 4.43. The summed E-state index contributed by atoms with van der Waals surface area (Å²) in [5.74, 6) is 0.944. The SMILES string of the molecule is CNC(C)c1ccnc(N2CC(CO)OC(C)(C)C2)c1. The summed E-state index contributed by atoms with van der Waals surface area (Å²) in [4.78, 5) is 6.67. The monoisotopic (exact) mass is 279 g/mol. The normalized spacial score (nSPS) is 23.6. The van der Waals surface area contributed by atoms with Gasteiger partial charge in [0.25, 0.3) is 0 Å². The van der Waals surface area contributed by atoms with Crippen molar-refractivity contribution in [1.82, 2.24) is 10.3 Å². The minimum Gasteiger partial charge on any atom is -0.394 e. The molecule has 0 spiro atoms. The predicted molar refractivity (Wildman–Crippen MR) is 80.0 cm³/mol. The average Bonchev–Trinajstić information content (AvgIpc) is 2.44. The minimum atomic E-state index is -0.280. The largest absolute Gasteiger partial charge is 0.394 e. The Bertz CT molecular complexity index is 450. The molecule has 1 fully saturated rings. The van der Waals surface area contributed by atoms with E-state index in [9.17, 15) is 5.11 Å². The van der Waals surface area contributed by atoms with Crippen LogP contribution in [0.2, 0.25) is 0 Å². The Morgan fingerprint density at radius 1 is 1.60 bits per heavy atom.